The van der Waals surface area contributed by atoms with Crippen LogP contribution in [-0.2, 0) is 11.2 Å². The third kappa shape index (κ3) is 5.35. The predicted molar refractivity (Wildman–Crippen MR) is 94.4 cm³/mol. The molecule has 0 bridgehead atoms. The number of carboxylic acid groups (broad SMARTS) is 1. The molecular formula is C18H21FN2O3S. The van der Waals surface area contributed by atoms with E-state index >= 15 is 0 Å². The monoisotopic (exact) mass is 364 g/mol. The molecule has 2 N–H and O–H groups in total. The van der Waals surface area contributed by atoms with Gasteiger partial charge in [0.2, 0.25) is 0 Å². The highest BCUT2D eigenvalue weighted by atomic mass is 32.1. The Kier molecular flexibility index (Phi) is 6.25. The molecule has 0 unspecified atom stereocenters. The van der Waals surface area contributed by atoms with Crippen LogP contribution in [0, 0.1) is 18.7 Å². The Morgan fingerprint density at radius 1 is 1.28 bits per heavy atom. The van der Waals surface area contributed by atoms with Gasteiger partial charge < -0.3 is 10.4 Å². The molecule has 1 aromatic carbocycles. The van der Waals surface area contributed by atoms with Gasteiger partial charge in [0.15, 0.2) is 0 Å². The van der Waals surface area contributed by atoms with Crippen molar-refractivity contribution in [2.45, 2.75) is 39.7 Å². The first-order chi connectivity index (χ1) is 11.8. The Morgan fingerprint density at radius 3 is 2.48 bits per heavy atom. The number of aryl methyl sites for hydroxylation is 1. The number of carboxylic acids is 1. The number of benzene rings is 1. The van der Waals surface area contributed by atoms with Crippen LogP contribution in [0.25, 0.3) is 0 Å². The van der Waals surface area contributed by atoms with Crippen molar-refractivity contribution in [2.24, 2.45) is 5.92 Å². The van der Waals surface area contributed by atoms with Gasteiger partial charge in [-0.1, -0.05) is 26.0 Å². The van der Waals surface area contributed by atoms with Crippen molar-refractivity contribution >= 4 is 23.2 Å². The molecule has 0 saturated heterocycles. The van der Waals surface area contributed by atoms with Crippen LogP contribution in [0.5, 0.6) is 0 Å². The summed E-state index contributed by atoms with van der Waals surface area (Å²) in [5.74, 6) is -1.62. The Balaban J connectivity index is 2.11. The number of nitrogens with zero attached hydrogens (tertiary/aromatic N) is 1. The molecule has 0 aliphatic rings. The SMILES string of the molecule is Cc1nc(Cc2ccc(F)cc2)sc1C(=O)N[C@H](CC(C)C)C(=O)O. The zero-order valence-electron chi connectivity index (χ0n) is 14.4. The standard InChI is InChI=1S/C18H21FN2O3S/c1-10(2)8-14(18(23)24)21-17(22)16-11(3)20-15(25-16)9-12-4-6-13(19)7-5-12/h4-7,10,14H,8-9H2,1-3H3,(H,21,22)(H,23,24)/t14-/m1/s1. The average molecular weight is 364 g/mol. The smallest absolute Gasteiger partial charge is 0.326 e. The second-order valence-electron chi connectivity index (χ2n) is 6.32. The van der Waals surface area contributed by atoms with Crippen LogP contribution in [0.2, 0.25) is 0 Å². The summed E-state index contributed by atoms with van der Waals surface area (Å²) in [5, 5.41) is 12.6. The van der Waals surface area contributed by atoms with E-state index in [1.165, 1.54) is 23.5 Å². The maximum absolute atomic E-state index is 13.0. The van der Waals surface area contributed by atoms with Gasteiger partial charge in [0.25, 0.3) is 5.91 Å². The number of aliphatic carboxylic acids is 1. The minimum absolute atomic E-state index is 0.151. The molecule has 1 amide bonds. The lowest BCUT2D eigenvalue weighted by molar-refractivity contribution is -0.139. The van der Waals surface area contributed by atoms with E-state index in [-0.39, 0.29) is 11.7 Å². The molecule has 25 heavy (non-hydrogen) atoms. The number of rotatable bonds is 7. The maximum Gasteiger partial charge on any atom is 0.326 e. The minimum atomic E-state index is -1.05. The van der Waals surface area contributed by atoms with Crippen LogP contribution in [0.3, 0.4) is 0 Å². The van der Waals surface area contributed by atoms with Crippen LogP contribution >= 0.6 is 11.3 Å². The second-order valence-corrected chi connectivity index (χ2v) is 7.40. The molecule has 0 saturated carbocycles. The van der Waals surface area contributed by atoms with Gasteiger partial charge in [0.05, 0.1) is 10.7 Å². The summed E-state index contributed by atoms with van der Waals surface area (Å²) in [6.07, 6.45) is 0.856. The lowest BCUT2D eigenvalue weighted by atomic mass is 10.0. The Hall–Kier alpha value is -2.28. The maximum atomic E-state index is 13.0. The van der Waals surface area contributed by atoms with Crippen LogP contribution in [-0.4, -0.2) is 28.0 Å². The molecule has 1 aromatic heterocycles. The highest BCUT2D eigenvalue weighted by Crippen LogP contribution is 2.21. The van der Waals surface area contributed by atoms with Crippen molar-refractivity contribution in [3.63, 3.8) is 0 Å². The van der Waals surface area contributed by atoms with Crippen molar-refractivity contribution in [2.75, 3.05) is 0 Å². The van der Waals surface area contributed by atoms with Gasteiger partial charge in [0, 0.05) is 6.42 Å². The van der Waals surface area contributed by atoms with Crippen molar-refractivity contribution < 1.29 is 19.1 Å². The van der Waals surface area contributed by atoms with Crippen LogP contribution < -0.4 is 5.32 Å². The summed E-state index contributed by atoms with van der Waals surface area (Å²) in [4.78, 5) is 28.5. The molecule has 0 aliphatic carbocycles. The molecule has 0 radical (unpaired) electrons. The molecule has 5 nitrogen and oxygen atoms in total. The van der Waals surface area contributed by atoms with Crippen molar-refractivity contribution in [3.8, 4) is 0 Å². The van der Waals surface area contributed by atoms with Crippen molar-refractivity contribution in [1.29, 1.82) is 0 Å². The van der Waals surface area contributed by atoms with Crippen molar-refractivity contribution in [3.05, 3.63) is 51.2 Å². The third-order valence-corrected chi connectivity index (χ3v) is 4.78. The molecule has 2 aromatic rings. The van der Waals surface area contributed by atoms with Crippen LogP contribution in [0.4, 0.5) is 4.39 Å². The predicted octanol–water partition coefficient (Wildman–Crippen LogP) is 3.41. The molecule has 1 heterocycles. The zero-order valence-corrected chi connectivity index (χ0v) is 15.2. The number of carbonyl (C=O) groups is 2. The number of hydrogen-bond acceptors (Lipinski definition) is 4. The first-order valence-electron chi connectivity index (χ1n) is 8.00. The summed E-state index contributed by atoms with van der Waals surface area (Å²) in [6.45, 7) is 5.53. The van der Waals surface area contributed by atoms with E-state index in [4.69, 9.17) is 0 Å². The fraction of sp³-hybridized carbons (Fsp3) is 0.389. The lowest BCUT2D eigenvalue weighted by Crippen LogP contribution is -2.41. The van der Waals surface area contributed by atoms with E-state index in [0.717, 1.165) is 10.6 Å². The first kappa shape index (κ1) is 19.1. The molecular weight excluding hydrogens is 343 g/mol. The summed E-state index contributed by atoms with van der Waals surface area (Å²) >= 11 is 1.23. The quantitative estimate of drug-likeness (QED) is 0.789. The molecule has 134 valence electrons. The van der Waals surface area contributed by atoms with E-state index in [0.29, 0.717) is 23.4 Å². The molecule has 0 spiro atoms. The van der Waals surface area contributed by atoms with Gasteiger partial charge in [-0.15, -0.1) is 11.3 Å². The van der Waals surface area contributed by atoms with E-state index in [1.54, 1.807) is 19.1 Å². The van der Waals surface area contributed by atoms with Crippen LogP contribution in [0.1, 0.15) is 46.2 Å². The van der Waals surface area contributed by atoms with Crippen LogP contribution in [0.15, 0.2) is 24.3 Å². The second kappa shape index (κ2) is 8.20. The number of aromatic nitrogens is 1. The number of nitrogens with one attached hydrogen (secondary N) is 1. The Morgan fingerprint density at radius 2 is 1.92 bits per heavy atom. The van der Waals surface area contributed by atoms with Gasteiger partial charge in [-0.2, -0.15) is 0 Å². The van der Waals surface area contributed by atoms with E-state index in [9.17, 15) is 19.1 Å². The third-order valence-electron chi connectivity index (χ3n) is 3.63. The molecule has 7 heteroatoms. The molecule has 2 rings (SSSR count). The molecule has 0 fully saturated rings. The summed E-state index contributed by atoms with van der Waals surface area (Å²) in [6, 6.07) is 5.19. The minimum Gasteiger partial charge on any atom is -0.480 e. The highest BCUT2D eigenvalue weighted by Gasteiger charge is 2.24. The van der Waals surface area contributed by atoms with Gasteiger partial charge in [-0.25, -0.2) is 14.2 Å². The van der Waals surface area contributed by atoms with Gasteiger partial charge in [-0.05, 0) is 37.0 Å². The van der Waals surface area contributed by atoms with E-state index in [1.807, 2.05) is 13.8 Å². The summed E-state index contributed by atoms with van der Waals surface area (Å²) < 4.78 is 13.0. The topological polar surface area (TPSA) is 79.3 Å². The highest BCUT2D eigenvalue weighted by molar-refractivity contribution is 7.13. The molecule has 1 atom stereocenters. The summed E-state index contributed by atoms with van der Waals surface area (Å²) in [7, 11) is 0. The first-order valence-corrected chi connectivity index (χ1v) is 8.82. The lowest BCUT2D eigenvalue weighted by Gasteiger charge is -2.15. The van der Waals surface area contributed by atoms with Gasteiger partial charge >= 0.3 is 5.97 Å². The van der Waals surface area contributed by atoms with Crippen molar-refractivity contribution in [1.82, 2.24) is 10.3 Å². The average Bonchev–Trinajstić information content (AvgIpc) is 2.89. The Bertz CT molecular complexity index is 756. The number of halogens is 1. The summed E-state index contributed by atoms with van der Waals surface area (Å²) in [5.41, 5.74) is 1.46. The van der Waals surface area contributed by atoms with E-state index in [2.05, 4.69) is 10.3 Å². The molecule has 0 aliphatic heterocycles. The van der Waals surface area contributed by atoms with Gasteiger partial charge in [0.1, 0.15) is 16.7 Å². The number of amides is 1. The Labute approximate surface area is 149 Å². The normalized spacial score (nSPS) is 12.2. The number of thiazole rings is 1. The van der Waals surface area contributed by atoms with Gasteiger partial charge in [-0.3, -0.25) is 4.79 Å². The number of hydrogen-bond donors (Lipinski definition) is 2. The zero-order chi connectivity index (χ0) is 18.6. The van der Waals surface area contributed by atoms with E-state index < -0.39 is 17.9 Å². The fourth-order valence-electron chi connectivity index (χ4n) is 2.43. The number of carbonyl (C=O) groups excluding carboxylic acids is 1. The largest absolute Gasteiger partial charge is 0.480 e. The fourth-order valence-corrected chi connectivity index (χ4v) is 3.43.